The summed E-state index contributed by atoms with van der Waals surface area (Å²) in [6.45, 7) is 0. The van der Waals surface area contributed by atoms with Crippen molar-refractivity contribution in [2.75, 3.05) is 0 Å². The van der Waals surface area contributed by atoms with E-state index in [9.17, 15) is 9.50 Å². The van der Waals surface area contributed by atoms with Gasteiger partial charge in [-0.1, -0.05) is 46.3 Å². The Morgan fingerprint density at radius 3 is 2.35 bits per heavy atom. The highest BCUT2D eigenvalue weighted by Crippen LogP contribution is 2.21. The van der Waals surface area contributed by atoms with E-state index < -0.39 is 6.10 Å². The lowest BCUT2D eigenvalue weighted by Crippen LogP contribution is -2.03. The van der Waals surface area contributed by atoms with Crippen molar-refractivity contribution >= 4 is 15.9 Å². The Morgan fingerprint density at radius 1 is 1.06 bits per heavy atom. The number of hydrogen-bond donors (Lipinski definition) is 1. The molecule has 3 heteroatoms. The number of aliphatic hydroxyl groups excluding tert-OH is 1. The quantitative estimate of drug-likeness (QED) is 0.911. The van der Waals surface area contributed by atoms with Crippen LogP contribution >= 0.6 is 15.9 Å². The molecule has 0 fully saturated rings. The van der Waals surface area contributed by atoms with Crippen LogP contribution in [0, 0.1) is 5.82 Å². The molecule has 1 nitrogen and oxygen atoms in total. The lowest BCUT2D eigenvalue weighted by atomic mass is 10.0. The van der Waals surface area contributed by atoms with Crippen LogP contribution in [0.4, 0.5) is 4.39 Å². The molecule has 2 aromatic carbocycles. The number of aliphatic hydroxyl groups is 1. The molecule has 0 saturated carbocycles. The zero-order chi connectivity index (χ0) is 12.3. The largest absolute Gasteiger partial charge is 0.388 e. The van der Waals surface area contributed by atoms with E-state index in [4.69, 9.17) is 0 Å². The molecule has 2 rings (SSSR count). The first-order valence-corrected chi connectivity index (χ1v) is 6.13. The van der Waals surface area contributed by atoms with Crippen molar-refractivity contribution in [2.24, 2.45) is 0 Å². The highest BCUT2D eigenvalue weighted by Gasteiger charge is 2.10. The first-order chi connectivity index (χ1) is 8.16. The molecule has 0 spiro atoms. The Labute approximate surface area is 108 Å². The van der Waals surface area contributed by atoms with E-state index in [1.807, 2.05) is 24.3 Å². The molecule has 0 radical (unpaired) electrons. The van der Waals surface area contributed by atoms with Crippen LogP contribution in [0.1, 0.15) is 17.2 Å². The Bertz CT molecular complexity index is 496. The van der Waals surface area contributed by atoms with Crippen molar-refractivity contribution < 1.29 is 9.50 Å². The maximum Gasteiger partial charge on any atom is 0.126 e. The van der Waals surface area contributed by atoms with E-state index in [1.165, 1.54) is 6.07 Å². The smallest absolute Gasteiger partial charge is 0.126 e. The minimum absolute atomic E-state index is 0.274. The van der Waals surface area contributed by atoms with E-state index in [1.54, 1.807) is 18.2 Å². The highest BCUT2D eigenvalue weighted by molar-refractivity contribution is 9.10. The van der Waals surface area contributed by atoms with Gasteiger partial charge in [-0.3, -0.25) is 0 Å². The molecular formula is C14H12BrFO. The van der Waals surface area contributed by atoms with Gasteiger partial charge in [0.15, 0.2) is 0 Å². The fourth-order valence-electron chi connectivity index (χ4n) is 1.68. The van der Waals surface area contributed by atoms with Crippen molar-refractivity contribution in [2.45, 2.75) is 12.5 Å². The average molecular weight is 295 g/mol. The summed E-state index contributed by atoms with van der Waals surface area (Å²) in [7, 11) is 0. The van der Waals surface area contributed by atoms with Crippen molar-refractivity contribution in [3.8, 4) is 0 Å². The first-order valence-electron chi connectivity index (χ1n) is 5.34. The average Bonchev–Trinajstić information content (AvgIpc) is 2.33. The summed E-state index contributed by atoms with van der Waals surface area (Å²) in [6.07, 6.45) is -0.395. The third-order valence-electron chi connectivity index (χ3n) is 2.63. The molecule has 0 aliphatic carbocycles. The van der Waals surface area contributed by atoms with Crippen LogP contribution < -0.4 is 0 Å². The van der Waals surface area contributed by atoms with Crippen LogP contribution in [-0.4, -0.2) is 5.11 Å². The van der Waals surface area contributed by atoms with E-state index >= 15 is 0 Å². The summed E-state index contributed by atoms with van der Waals surface area (Å²) < 4.78 is 14.4. The minimum Gasteiger partial charge on any atom is -0.388 e. The Morgan fingerprint density at radius 2 is 1.71 bits per heavy atom. The van der Waals surface area contributed by atoms with E-state index in [0.717, 1.165) is 10.0 Å². The molecule has 2 aromatic rings. The van der Waals surface area contributed by atoms with Gasteiger partial charge in [-0.15, -0.1) is 0 Å². The van der Waals surface area contributed by atoms with Gasteiger partial charge in [0.1, 0.15) is 5.82 Å². The Kier molecular flexibility index (Phi) is 3.92. The van der Waals surface area contributed by atoms with Crippen molar-refractivity contribution in [3.05, 3.63) is 69.9 Å². The Hall–Kier alpha value is -1.19. The van der Waals surface area contributed by atoms with Gasteiger partial charge in [0.05, 0.1) is 6.10 Å². The van der Waals surface area contributed by atoms with Crippen molar-refractivity contribution in [1.82, 2.24) is 0 Å². The van der Waals surface area contributed by atoms with E-state index in [0.29, 0.717) is 5.56 Å². The molecule has 0 amide bonds. The first kappa shape index (κ1) is 12.3. The molecule has 0 heterocycles. The fourth-order valence-corrected chi connectivity index (χ4v) is 1.94. The second-order valence-electron chi connectivity index (χ2n) is 3.86. The molecule has 0 bridgehead atoms. The SMILES string of the molecule is OC(Cc1ccccc1F)c1ccc(Br)cc1. The monoisotopic (exact) mass is 294 g/mol. The van der Waals surface area contributed by atoms with Gasteiger partial charge in [0.25, 0.3) is 0 Å². The standard InChI is InChI=1S/C14H12BrFO/c15-12-7-5-10(6-8-12)14(17)9-11-3-1-2-4-13(11)16/h1-8,14,17H,9H2. The van der Waals surface area contributed by atoms with Crippen LogP contribution in [0.25, 0.3) is 0 Å². The topological polar surface area (TPSA) is 20.2 Å². The summed E-state index contributed by atoms with van der Waals surface area (Å²) in [5.74, 6) is -0.274. The maximum absolute atomic E-state index is 13.4. The zero-order valence-corrected chi connectivity index (χ0v) is 10.7. The Balaban J connectivity index is 2.14. The third-order valence-corrected chi connectivity index (χ3v) is 3.15. The highest BCUT2D eigenvalue weighted by atomic mass is 79.9. The summed E-state index contributed by atoms with van der Waals surface area (Å²) in [5, 5.41) is 10.0. The molecule has 88 valence electrons. The van der Waals surface area contributed by atoms with Gasteiger partial charge in [-0.2, -0.15) is 0 Å². The van der Waals surface area contributed by atoms with E-state index in [2.05, 4.69) is 15.9 Å². The van der Waals surface area contributed by atoms with Crippen molar-refractivity contribution in [1.29, 1.82) is 0 Å². The molecule has 1 unspecified atom stereocenters. The lowest BCUT2D eigenvalue weighted by molar-refractivity contribution is 0.177. The molecule has 0 aromatic heterocycles. The molecule has 0 aliphatic heterocycles. The van der Waals surface area contributed by atoms with Gasteiger partial charge >= 0.3 is 0 Å². The molecule has 17 heavy (non-hydrogen) atoms. The zero-order valence-electron chi connectivity index (χ0n) is 9.11. The van der Waals surface area contributed by atoms with Gasteiger partial charge in [0.2, 0.25) is 0 Å². The van der Waals surface area contributed by atoms with Gasteiger partial charge in [0, 0.05) is 10.9 Å². The molecular weight excluding hydrogens is 283 g/mol. The third kappa shape index (κ3) is 3.14. The normalized spacial score (nSPS) is 12.4. The second-order valence-corrected chi connectivity index (χ2v) is 4.78. The van der Waals surface area contributed by atoms with Gasteiger partial charge in [-0.25, -0.2) is 4.39 Å². The van der Waals surface area contributed by atoms with Crippen molar-refractivity contribution in [3.63, 3.8) is 0 Å². The van der Waals surface area contributed by atoms with Crippen LogP contribution in [0.5, 0.6) is 0 Å². The molecule has 1 N–H and O–H groups in total. The van der Waals surface area contributed by atoms with Crippen LogP contribution in [0.2, 0.25) is 0 Å². The van der Waals surface area contributed by atoms with Crippen LogP contribution in [-0.2, 0) is 6.42 Å². The molecule has 0 saturated heterocycles. The fraction of sp³-hybridized carbons (Fsp3) is 0.143. The minimum atomic E-state index is -0.681. The number of hydrogen-bond acceptors (Lipinski definition) is 1. The number of benzene rings is 2. The predicted octanol–water partition coefficient (Wildman–Crippen LogP) is 3.86. The summed E-state index contributed by atoms with van der Waals surface area (Å²) in [6, 6.07) is 13.9. The van der Waals surface area contributed by atoms with Crippen LogP contribution in [0.3, 0.4) is 0 Å². The summed E-state index contributed by atoms with van der Waals surface area (Å²) in [4.78, 5) is 0. The molecule has 1 atom stereocenters. The number of rotatable bonds is 3. The summed E-state index contributed by atoms with van der Waals surface area (Å²) in [5.41, 5.74) is 1.32. The van der Waals surface area contributed by atoms with Crippen LogP contribution in [0.15, 0.2) is 53.0 Å². The number of halogens is 2. The predicted molar refractivity (Wildman–Crippen MR) is 69.2 cm³/mol. The lowest BCUT2D eigenvalue weighted by Gasteiger charge is -2.11. The molecule has 0 aliphatic rings. The van der Waals surface area contributed by atoms with E-state index in [-0.39, 0.29) is 12.2 Å². The van der Waals surface area contributed by atoms with Gasteiger partial charge < -0.3 is 5.11 Å². The maximum atomic E-state index is 13.4. The van der Waals surface area contributed by atoms with Gasteiger partial charge in [-0.05, 0) is 29.3 Å². The summed E-state index contributed by atoms with van der Waals surface area (Å²) >= 11 is 3.33. The second kappa shape index (κ2) is 5.43.